The fraction of sp³-hybridized carbons (Fsp3) is 0.346. The van der Waals surface area contributed by atoms with Gasteiger partial charge in [-0.25, -0.2) is 23.2 Å². The second-order valence-electron chi connectivity index (χ2n) is 8.83. The molecule has 1 atom stereocenters. The first-order valence-electron chi connectivity index (χ1n) is 11.5. The number of aryl methyl sites for hydroxylation is 3. The maximum Gasteiger partial charge on any atom is 0.330 e. The van der Waals surface area contributed by atoms with Crippen LogP contribution < -0.4 is 15.2 Å². The van der Waals surface area contributed by atoms with Crippen LogP contribution >= 0.6 is 0 Å². The monoisotopic (exact) mass is 510 g/mol. The van der Waals surface area contributed by atoms with Crippen molar-refractivity contribution in [2.24, 2.45) is 7.05 Å². The minimum atomic E-state index is -3.51. The number of rotatable bonds is 8. The molecule has 36 heavy (non-hydrogen) atoms. The molecule has 0 saturated carbocycles. The fourth-order valence-electron chi connectivity index (χ4n) is 4.52. The summed E-state index contributed by atoms with van der Waals surface area (Å²) in [6.45, 7) is 6.23. The van der Waals surface area contributed by atoms with Crippen molar-refractivity contribution in [3.8, 4) is 22.8 Å². The molecule has 1 aromatic carbocycles. The highest BCUT2D eigenvalue weighted by atomic mass is 32.2. The Morgan fingerprint density at radius 1 is 1.11 bits per heavy atom. The molecule has 0 N–H and O–H groups in total. The standard InChI is InChI=1S/C26H30N4O5S/c1-7-35-25-22(34-5)12-11-19(28-25)21(15-36(6,32)33)30-24-20(29(4)26(30)31)13-18(14-27-24)23-16(2)9-8-10-17(23)3/h8-14,21H,7,15H2,1-6H3. The summed E-state index contributed by atoms with van der Waals surface area (Å²) in [6.07, 6.45) is 2.85. The summed E-state index contributed by atoms with van der Waals surface area (Å²) >= 11 is 0. The number of hydrogen-bond acceptors (Lipinski definition) is 7. The average molecular weight is 511 g/mol. The Kier molecular flexibility index (Phi) is 6.90. The molecule has 190 valence electrons. The summed E-state index contributed by atoms with van der Waals surface area (Å²) in [5.74, 6) is 0.312. The van der Waals surface area contributed by atoms with Crippen LogP contribution in [0.3, 0.4) is 0 Å². The van der Waals surface area contributed by atoms with Gasteiger partial charge >= 0.3 is 5.69 Å². The largest absolute Gasteiger partial charge is 0.491 e. The van der Waals surface area contributed by atoms with E-state index >= 15 is 0 Å². The molecule has 9 nitrogen and oxygen atoms in total. The number of fused-ring (bicyclic) bond motifs is 1. The van der Waals surface area contributed by atoms with Gasteiger partial charge in [-0.05, 0) is 55.7 Å². The predicted octanol–water partition coefficient (Wildman–Crippen LogP) is 3.46. The lowest BCUT2D eigenvalue weighted by Crippen LogP contribution is -2.31. The van der Waals surface area contributed by atoms with Gasteiger partial charge in [-0.15, -0.1) is 0 Å². The molecular formula is C26H30N4O5S. The van der Waals surface area contributed by atoms with Gasteiger partial charge in [0.25, 0.3) is 5.88 Å². The van der Waals surface area contributed by atoms with Crippen molar-refractivity contribution in [1.29, 1.82) is 0 Å². The number of benzene rings is 1. The predicted molar refractivity (Wildman–Crippen MR) is 140 cm³/mol. The van der Waals surface area contributed by atoms with Gasteiger partial charge in [0.05, 0.1) is 36.7 Å². The lowest BCUT2D eigenvalue weighted by atomic mass is 9.97. The molecular weight excluding hydrogens is 480 g/mol. The Balaban J connectivity index is 1.95. The van der Waals surface area contributed by atoms with Crippen LogP contribution in [0.4, 0.5) is 0 Å². The molecule has 3 aromatic heterocycles. The van der Waals surface area contributed by atoms with Gasteiger partial charge in [0.15, 0.2) is 11.4 Å². The van der Waals surface area contributed by atoms with Crippen molar-refractivity contribution in [3.63, 3.8) is 0 Å². The van der Waals surface area contributed by atoms with Gasteiger partial charge < -0.3 is 9.47 Å². The van der Waals surface area contributed by atoms with E-state index in [0.717, 1.165) is 28.5 Å². The number of sulfone groups is 1. The summed E-state index contributed by atoms with van der Waals surface area (Å²) in [5, 5.41) is 0. The van der Waals surface area contributed by atoms with E-state index in [0.29, 0.717) is 29.2 Å². The SMILES string of the molecule is CCOc1nc(C(CS(C)(=O)=O)n2c(=O)n(C)c3cc(-c4c(C)cccc4C)cnc32)ccc1OC. The van der Waals surface area contributed by atoms with Crippen molar-refractivity contribution in [2.45, 2.75) is 26.8 Å². The molecule has 0 aliphatic rings. The lowest BCUT2D eigenvalue weighted by molar-refractivity contribution is 0.296. The second kappa shape index (κ2) is 9.77. The van der Waals surface area contributed by atoms with E-state index in [1.54, 1.807) is 25.4 Å². The van der Waals surface area contributed by atoms with Crippen molar-refractivity contribution in [3.05, 3.63) is 69.9 Å². The zero-order valence-electron chi connectivity index (χ0n) is 21.3. The highest BCUT2D eigenvalue weighted by Gasteiger charge is 2.28. The highest BCUT2D eigenvalue weighted by Crippen LogP contribution is 2.32. The van der Waals surface area contributed by atoms with E-state index in [4.69, 9.17) is 9.47 Å². The molecule has 0 aliphatic carbocycles. The van der Waals surface area contributed by atoms with E-state index in [-0.39, 0.29) is 17.3 Å². The van der Waals surface area contributed by atoms with Crippen LogP contribution in [0.2, 0.25) is 0 Å². The van der Waals surface area contributed by atoms with Crippen molar-refractivity contribution < 1.29 is 17.9 Å². The van der Waals surface area contributed by atoms with E-state index < -0.39 is 15.9 Å². The summed E-state index contributed by atoms with van der Waals surface area (Å²) in [7, 11) is -0.353. The second-order valence-corrected chi connectivity index (χ2v) is 11.0. The zero-order chi connectivity index (χ0) is 26.2. The van der Waals surface area contributed by atoms with Crippen LogP contribution in [-0.2, 0) is 16.9 Å². The number of hydrogen-bond donors (Lipinski definition) is 0. The molecule has 0 spiro atoms. The number of aromatic nitrogens is 4. The molecule has 3 heterocycles. The molecule has 0 bridgehead atoms. The zero-order valence-corrected chi connectivity index (χ0v) is 22.1. The van der Waals surface area contributed by atoms with Crippen molar-refractivity contribution >= 4 is 21.0 Å². The number of nitrogens with zero attached hydrogens (tertiary/aromatic N) is 4. The summed E-state index contributed by atoms with van der Waals surface area (Å²) in [4.78, 5) is 22.7. The average Bonchev–Trinajstić information content (AvgIpc) is 3.07. The number of ether oxygens (including phenoxy) is 2. The van der Waals surface area contributed by atoms with E-state index in [1.807, 2.05) is 45.0 Å². The van der Waals surface area contributed by atoms with Crippen LogP contribution in [0.1, 0.15) is 29.8 Å². The Labute approximate surface area is 210 Å². The van der Waals surface area contributed by atoms with E-state index in [9.17, 15) is 13.2 Å². The molecule has 4 aromatic rings. The minimum absolute atomic E-state index is 0.231. The molecule has 1 unspecified atom stereocenters. The Morgan fingerprint density at radius 3 is 2.42 bits per heavy atom. The van der Waals surface area contributed by atoms with Crippen LogP contribution in [-0.4, -0.2) is 53.2 Å². The first-order valence-corrected chi connectivity index (χ1v) is 13.6. The summed E-state index contributed by atoms with van der Waals surface area (Å²) in [5.41, 5.74) is 5.08. The third-order valence-corrected chi connectivity index (χ3v) is 7.08. The number of imidazole rings is 1. The van der Waals surface area contributed by atoms with Gasteiger partial charge in [-0.3, -0.25) is 9.13 Å². The molecule has 0 aliphatic heterocycles. The van der Waals surface area contributed by atoms with Gasteiger partial charge in [0.1, 0.15) is 9.84 Å². The number of pyridine rings is 2. The van der Waals surface area contributed by atoms with Gasteiger partial charge in [0, 0.05) is 25.1 Å². The maximum atomic E-state index is 13.5. The van der Waals surface area contributed by atoms with E-state index in [2.05, 4.69) is 9.97 Å². The van der Waals surface area contributed by atoms with Crippen LogP contribution in [0.5, 0.6) is 11.6 Å². The minimum Gasteiger partial charge on any atom is -0.491 e. The summed E-state index contributed by atoms with van der Waals surface area (Å²) in [6, 6.07) is 10.4. The van der Waals surface area contributed by atoms with E-state index in [1.165, 1.54) is 16.2 Å². The normalized spacial score (nSPS) is 12.6. The summed E-state index contributed by atoms with van der Waals surface area (Å²) < 4.78 is 38.7. The molecule has 0 radical (unpaired) electrons. The smallest absolute Gasteiger partial charge is 0.330 e. The topological polar surface area (TPSA) is 105 Å². The van der Waals surface area contributed by atoms with Gasteiger partial charge in [0.2, 0.25) is 0 Å². The first-order chi connectivity index (χ1) is 17.1. The quantitative estimate of drug-likeness (QED) is 0.357. The Bertz CT molecular complexity index is 1580. The molecule has 10 heteroatoms. The first kappa shape index (κ1) is 25.4. The van der Waals surface area contributed by atoms with Crippen molar-refractivity contribution in [2.75, 3.05) is 25.7 Å². The highest BCUT2D eigenvalue weighted by molar-refractivity contribution is 7.90. The van der Waals surface area contributed by atoms with Crippen LogP contribution in [0.25, 0.3) is 22.3 Å². The van der Waals surface area contributed by atoms with Crippen LogP contribution in [0.15, 0.2) is 47.4 Å². The Morgan fingerprint density at radius 2 is 1.81 bits per heavy atom. The maximum absolute atomic E-state index is 13.5. The lowest BCUT2D eigenvalue weighted by Gasteiger charge is -2.19. The molecule has 0 saturated heterocycles. The third-order valence-electron chi connectivity index (χ3n) is 6.16. The number of methoxy groups -OCH3 is 1. The molecule has 0 fully saturated rings. The fourth-order valence-corrected chi connectivity index (χ4v) is 5.42. The van der Waals surface area contributed by atoms with Crippen molar-refractivity contribution in [1.82, 2.24) is 19.1 Å². The molecule has 0 amide bonds. The van der Waals surface area contributed by atoms with Crippen LogP contribution in [0, 0.1) is 13.8 Å². The third kappa shape index (κ3) is 4.73. The van der Waals surface area contributed by atoms with Gasteiger partial charge in [-0.1, -0.05) is 18.2 Å². The Hall–Kier alpha value is -3.66. The van der Waals surface area contributed by atoms with Gasteiger partial charge in [-0.2, -0.15) is 0 Å². The molecule has 4 rings (SSSR count).